The topological polar surface area (TPSA) is 46.2 Å². The second-order valence-corrected chi connectivity index (χ2v) is 9.15. The van der Waals surface area contributed by atoms with Gasteiger partial charge in [0.25, 0.3) is 0 Å². The third-order valence-electron chi connectivity index (χ3n) is 4.05. The summed E-state index contributed by atoms with van der Waals surface area (Å²) < 4.78 is 29.3. The lowest BCUT2D eigenvalue weighted by molar-refractivity contribution is 0.297. The van der Waals surface area contributed by atoms with Gasteiger partial charge in [0, 0.05) is 15.0 Å². The monoisotopic (exact) mass is 437 g/mol. The molecule has 0 amide bonds. The molecule has 0 aliphatic heterocycles. The molecule has 1 fully saturated rings. The molecular weight excluding hydrogens is 418 g/mol. The summed E-state index contributed by atoms with van der Waals surface area (Å²) in [5, 5.41) is 0. The molecule has 0 unspecified atom stereocenters. The van der Waals surface area contributed by atoms with Gasteiger partial charge in [-0.25, -0.2) is 13.1 Å². The number of rotatable bonds is 5. The van der Waals surface area contributed by atoms with Crippen molar-refractivity contribution >= 4 is 41.9 Å². The van der Waals surface area contributed by atoms with Crippen LogP contribution in [-0.4, -0.2) is 14.5 Å². The van der Waals surface area contributed by atoms with Gasteiger partial charge in [0.2, 0.25) is 10.0 Å². The maximum Gasteiger partial charge on any atom is 0.241 e. The highest BCUT2D eigenvalue weighted by Crippen LogP contribution is 2.30. The molecule has 1 aliphatic carbocycles. The second-order valence-electron chi connectivity index (χ2n) is 5.70. The minimum Gasteiger partial charge on any atom is -0.208 e. The van der Waals surface area contributed by atoms with Crippen molar-refractivity contribution < 1.29 is 8.42 Å². The third-order valence-corrected chi connectivity index (χ3v) is 7.06. The third kappa shape index (κ3) is 4.78. The Hall–Kier alpha value is 0.0900. The molecule has 0 heterocycles. The highest BCUT2D eigenvalue weighted by atomic mass is 79.9. The van der Waals surface area contributed by atoms with Crippen molar-refractivity contribution in [2.45, 2.75) is 56.4 Å². The van der Waals surface area contributed by atoms with Crippen molar-refractivity contribution in [2.75, 3.05) is 0 Å². The first kappa shape index (κ1) is 17.4. The molecule has 1 aliphatic rings. The molecule has 3 nitrogen and oxygen atoms in total. The Labute approximate surface area is 144 Å². The highest BCUT2D eigenvalue weighted by molar-refractivity contribution is 9.11. The Morgan fingerprint density at radius 1 is 1.19 bits per heavy atom. The summed E-state index contributed by atoms with van der Waals surface area (Å²) >= 11 is 6.65. The average Bonchev–Trinajstić information content (AvgIpc) is 2.43. The minimum absolute atomic E-state index is 0.0639. The van der Waals surface area contributed by atoms with Crippen LogP contribution in [0.2, 0.25) is 0 Å². The summed E-state index contributed by atoms with van der Waals surface area (Å²) in [7, 11) is -3.47. The molecule has 1 saturated carbocycles. The van der Waals surface area contributed by atoms with E-state index in [1.807, 2.05) is 6.07 Å². The van der Waals surface area contributed by atoms with Crippen LogP contribution >= 0.6 is 31.9 Å². The first-order valence-electron chi connectivity index (χ1n) is 7.39. The summed E-state index contributed by atoms with van der Waals surface area (Å²) in [6, 6.07) is 5.26. The Morgan fingerprint density at radius 3 is 2.48 bits per heavy atom. The molecule has 0 bridgehead atoms. The van der Waals surface area contributed by atoms with Gasteiger partial charge in [-0.2, -0.15) is 0 Å². The molecule has 0 aromatic heterocycles. The zero-order chi connectivity index (χ0) is 15.5. The van der Waals surface area contributed by atoms with E-state index in [1.165, 1.54) is 12.8 Å². The minimum atomic E-state index is -3.47. The molecule has 118 valence electrons. The lowest BCUT2D eigenvalue weighted by Crippen LogP contribution is -2.37. The Bertz CT molecular complexity index is 581. The average molecular weight is 439 g/mol. The predicted octanol–water partition coefficient (Wildman–Crippen LogP) is 4.85. The van der Waals surface area contributed by atoms with Crippen molar-refractivity contribution in [1.82, 2.24) is 4.72 Å². The van der Waals surface area contributed by atoms with E-state index in [0.29, 0.717) is 9.37 Å². The number of sulfonamides is 1. The summed E-state index contributed by atoms with van der Waals surface area (Å²) in [6.07, 6.45) is 6.61. The van der Waals surface area contributed by atoms with E-state index in [0.717, 1.165) is 36.1 Å². The van der Waals surface area contributed by atoms with E-state index in [9.17, 15) is 8.42 Å². The van der Waals surface area contributed by atoms with Crippen molar-refractivity contribution in [2.24, 2.45) is 5.92 Å². The van der Waals surface area contributed by atoms with Crippen LogP contribution in [0.3, 0.4) is 0 Å². The van der Waals surface area contributed by atoms with Crippen LogP contribution in [0.4, 0.5) is 0 Å². The van der Waals surface area contributed by atoms with Crippen LogP contribution in [0.5, 0.6) is 0 Å². The van der Waals surface area contributed by atoms with E-state index in [1.54, 1.807) is 12.1 Å². The van der Waals surface area contributed by atoms with Crippen molar-refractivity contribution in [3.63, 3.8) is 0 Å². The van der Waals surface area contributed by atoms with Crippen LogP contribution < -0.4 is 4.72 Å². The lowest BCUT2D eigenvalue weighted by Gasteiger charge is -2.28. The molecule has 1 N–H and O–H groups in total. The molecule has 6 heteroatoms. The fourth-order valence-electron chi connectivity index (χ4n) is 2.94. The molecule has 21 heavy (non-hydrogen) atoms. The largest absolute Gasteiger partial charge is 0.241 e. The number of hydrogen-bond donors (Lipinski definition) is 1. The first-order valence-corrected chi connectivity index (χ1v) is 10.5. The van der Waals surface area contributed by atoms with Crippen LogP contribution in [0, 0.1) is 5.92 Å². The number of nitrogens with one attached hydrogen (secondary N) is 1. The maximum atomic E-state index is 12.5. The first-order chi connectivity index (χ1) is 9.92. The van der Waals surface area contributed by atoms with Gasteiger partial charge in [0.1, 0.15) is 0 Å². The van der Waals surface area contributed by atoms with Crippen molar-refractivity contribution in [1.29, 1.82) is 0 Å². The van der Waals surface area contributed by atoms with Crippen LogP contribution in [0.25, 0.3) is 0 Å². The molecule has 0 radical (unpaired) electrons. The van der Waals surface area contributed by atoms with Crippen LogP contribution in [-0.2, 0) is 10.0 Å². The normalized spacial score (nSPS) is 23.2. The summed E-state index contributed by atoms with van der Waals surface area (Å²) in [5.74, 6) is 0.772. The Kier molecular flexibility index (Phi) is 6.29. The summed E-state index contributed by atoms with van der Waals surface area (Å²) in [4.78, 5) is 0.299. The van der Waals surface area contributed by atoms with Crippen molar-refractivity contribution in [3.05, 3.63) is 27.1 Å². The van der Waals surface area contributed by atoms with E-state index < -0.39 is 10.0 Å². The van der Waals surface area contributed by atoms with E-state index in [2.05, 4.69) is 43.5 Å². The SMILES string of the molecule is CCCC1CCC(NS(=O)(=O)c2cc(Br)ccc2Br)CC1. The van der Waals surface area contributed by atoms with Gasteiger partial charge in [0.05, 0.1) is 4.90 Å². The van der Waals surface area contributed by atoms with E-state index in [-0.39, 0.29) is 6.04 Å². The number of halogens is 2. The van der Waals surface area contributed by atoms with Gasteiger partial charge < -0.3 is 0 Å². The molecule has 0 spiro atoms. The lowest BCUT2D eigenvalue weighted by atomic mass is 9.84. The van der Waals surface area contributed by atoms with Gasteiger partial charge in [-0.3, -0.25) is 0 Å². The molecule has 1 aromatic rings. The number of benzene rings is 1. The Morgan fingerprint density at radius 2 is 1.86 bits per heavy atom. The van der Waals surface area contributed by atoms with Gasteiger partial charge in [0.15, 0.2) is 0 Å². The van der Waals surface area contributed by atoms with Crippen molar-refractivity contribution in [3.8, 4) is 0 Å². The van der Waals surface area contributed by atoms with Crippen LogP contribution in [0.1, 0.15) is 45.4 Å². The van der Waals surface area contributed by atoms with Gasteiger partial charge in [-0.05, 0) is 65.7 Å². The molecule has 2 rings (SSSR count). The zero-order valence-electron chi connectivity index (χ0n) is 12.1. The quantitative estimate of drug-likeness (QED) is 0.714. The van der Waals surface area contributed by atoms with Gasteiger partial charge in [-0.1, -0.05) is 35.7 Å². The fourth-order valence-corrected chi connectivity index (χ4v) is 5.75. The highest BCUT2D eigenvalue weighted by Gasteiger charge is 2.26. The summed E-state index contributed by atoms with van der Waals surface area (Å²) in [6.45, 7) is 2.21. The van der Waals surface area contributed by atoms with Crippen LogP contribution in [0.15, 0.2) is 32.0 Å². The standard InChI is InChI=1S/C15H21Br2NO2S/c1-2-3-11-4-7-13(8-5-11)18-21(19,20)15-10-12(16)6-9-14(15)17/h6,9-11,13,18H,2-5,7-8H2,1H3. The Balaban J connectivity index is 2.04. The van der Waals surface area contributed by atoms with Gasteiger partial charge in [-0.15, -0.1) is 0 Å². The maximum absolute atomic E-state index is 12.5. The fraction of sp³-hybridized carbons (Fsp3) is 0.600. The zero-order valence-corrected chi connectivity index (χ0v) is 16.1. The molecule has 0 atom stereocenters. The van der Waals surface area contributed by atoms with Gasteiger partial charge >= 0.3 is 0 Å². The smallest absolute Gasteiger partial charge is 0.208 e. The summed E-state index contributed by atoms with van der Waals surface area (Å²) in [5.41, 5.74) is 0. The van der Waals surface area contributed by atoms with E-state index in [4.69, 9.17) is 0 Å². The molecular formula is C15H21Br2NO2S. The molecule has 0 saturated heterocycles. The predicted molar refractivity (Wildman–Crippen MR) is 92.8 cm³/mol. The second kappa shape index (κ2) is 7.57. The number of hydrogen-bond acceptors (Lipinski definition) is 2. The molecule has 1 aromatic carbocycles. The van der Waals surface area contributed by atoms with E-state index >= 15 is 0 Å².